The van der Waals surface area contributed by atoms with Crippen molar-refractivity contribution < 1.29 is 26.7 Å². The summed E-state index contributed by atoms with van der Waals surface area (Å²) in [5.74, 6) is 0. The summed E-state index contributed by atoms with van der Waals surface area (Å²) >= 11 is -2.79. The van der Waals surface area contributed by atoms with Crippen LogP contribution < -0.4 is 0 Å². The molecule has 2 N–H and O–H groups in total. The molecule has 0 radical (unpaired) electrons. The Morgan fingerprint density at radius 1 is 0.950 bits per heavy atom. The van der Waals surface area contributed by atoms with E-state index in [9.17, 15) is 8.77 Å². The smallest absolute Gasteiger partial charge is 0.302 e. The average Bonchev–Trinajstić information content (AvgIpc) is 2.34. The molecule has 0 aromatic carbocycles. The quantitative estimate of drug-likeness (QED) is 0.282. The fraction of sp³-hybridized carbons (Fsp3) is 1.00. The maximum absolute atomic E-state index is 11.0. The van der Waals surface area contributed by atoms with Gasteiger partial charge in [0, 0.05) is 0 Å². The number of rotatable bonds is 14. The van der Waals surface area contributed by atoms with Crippen LogP contribution in [0.2, 0.25) is 0 Å². The standard InChI is InChI=1S/C12H27O6PS/c1-2-3-4-5-6-7-8-9-10-11-12-17-19(13,14)18-20(15)16/h2-12H2,1H3,(H,13,14)(H,15,16). The summed E-state index contributed by atoms with van der Waals surface area (Å²) < 4.78 is 37.9. The highest BCUT2D eigenvalue weighted by Gasteiger charge is 2.24. The highest BCUT2D eigenvalue weighted by Crippen LogP contribution is 2.43. The molecule has 0 saturated carbocycles. The van der Waals surface area contributed by atoms with Gasteiger partial charge in [-0.15, -0.1) is 0 Å². The first kappa shape index (κ1) is 20.2. The Morgan fingerprint density at radius 3 is 1.85 bits per heavy atom. The van der Waals surface area contributed by atoms with Crippen LogP contribution in [0.3, 0.4) is 0 Å². The molecule has 8 heteroatoms. The van der Waals surface area contributed by atoms with E-state index in [0.29, 0.717) is 6.42 Å². The molecule has 6 nitrogen and oxygen atoms in total. The van der Waals surface area contributed by atoms with E-state index >= 15 is 0 Å². The van der Waals surface area contributed by atoms with Crippen LogP contribution in [-0.4, -0.2) is 20.3 Å². The minimum Gasteiger partial charge on any atom is -0.302 e. The van der Waals surface area contributed by atoms with Crippen molar-refractivity contribution in [3.63, 3.8) is 0 Å². The van der Waals surface area contributed by atoms with Crippen molar-refractivity contribution in [1.29, 1.82) is 0 Å². The van der Waals surface area contributed by atoms with Gasteiger partial charge in [0.1, 0.15) is 0 Å². The van der Waals surface area contributed by atoms with Gasteiger partial charge in [-0.05, 0) is 6.42 Å². The van der Waals surface area contributed by atoms with E-state index in [2.05, 4.69) is 15.4 Å². The van der Waals surface area contributed by atoms with Crippen LogP contribution in [0.5, 0.6) is 0 Å². The summed E-state index contributed by atoms with van der Waals surface area (Å²) in [6, 6.07) is 0. The van der Waals surface area contributed by atoms with Crippen molar-refractivity contribution in [2.75, 3.05) is 6.61 Å². The van der Waals surface area contributed by atoms with Crippen molar-refractivity contribution in [2.45, 2.75) is 71.1 Å². The molecule has 0 aliphatic carbocycles. The highest BCUT2D eigenvalue weighted by atomic mass is 32.2. The molecule has 0 fully saturated rings. The lowest BCUT2D eigenvalue weighted by Crippen LogP contribution is -1.99. The molecule has 0 amide bonds. The molecule has 0 aliphatic heterocycles. The first-order valence-corrected chi connectivity index (χ1v) is 9.79. The maximum atomic E-state index is 11.0. The lowest BCUT2D eigenvalue weighted by Gasteiger charge is -2.08. The van der Waals surface area contributed by atoms with E-state index in [-0.39, 0.29) is 6.61 Å². The van der Waals surface area contributed by atoms with E-state index in [0.717, 1.165) is 12.8 Å². The Labute approximate surface area is 124 Å². The van der Waals surface area contributed by atoms with Gasteiger partial charge in [-0.25, -0.2) is 4.57 Å². The van der Waals surface area contributed by atoms with E-state index < -0.39 is 19.2 Å². The molecule has 0 rings (SSSR count). The zero-order valence-electron chi connectivity index (χ0n) is 12.2. The third kappa shape index (κ3) is 14.6. The number of hydrogen-bond donors (Lipinski definition) is 2. The monoisotopic (exact) mass is 330 g/mol. The third-order valence-corrected chi connectivity index (χ3v) is 4.68. The van der Waals surface area contributed by atoms with Gasteiger partial charge in [-0.2, -0.15) is 8.18 Å². The van der Waals surface area contributed by atoms with E-state index in [4.69, 9.17) is 9.45 Å². The van der Waals surface area contributed by atoms with E-state index in [1.807, 2.05) is 0 Å². The van der Waals surface area contributed by atoms with Gasteiger partial charge in [0.15, 0.2) is 0 Å². The Hall–Kier alpha value is 0.220. The van der Waals surface area contributed by atoms with Crippen LogP contribution >= 0.6 is 7.82 Å². The molecule has 122 valence electrons. The van der Waals surface area contributed by atoms with Crippen molar-refractivity contribution >= 4 is 19.2 Å². The summed E-state index contributed by atoms with van der Waals surface area (Å²) in [6.07, 6.45) is 11.5. The van der Waals surface area contributed by atoms with E-state index in [1.54, 1.807) is 0 Å². The second kappa shape index (κ2) is 12.9. The van der Waals surface area contributed by atoms with Crippen LogP contribution in [0.4, 0.5) is 0 Å². The molecule has 0 spiro atoms. The zero-order chi connectivity index (χ0) is 15.3. The Balaban J connectivity index is 3.28. The van der Waals surface area contributed by atoms with Crippen molar-refractivity contribution in [3.8, 4) is 0 Å². The predicted octanol–water partition coefficient (Wildman–Crippen LogP) is 4.18. The summed E-state index contributed by atoms with van der Waals surface area (Å²) in [5, 5.41) is 0. The molecule has 0 bridgehead atoms. The SMILES string of the molecule is CCCCCCCCCCCCOP(=O)(O)OS(=O)O. The molecule has 0 heterocycles. The molecule has 20 heavy (non-hydrogen) atoms. The molecule has 0 aromatic rings. The number of hydrogen-bond acceptors (Lipinski definition) is 4. The summed E-state index contributed by atoms with van der Waals surface area (Å²) in [5.41, 5.74) is 0. The topological polar surface area (TPSA) is 93.1 Å². The fourth-order valence-electron chi connectivity index (χ4n) is 1.87. The van der Waals surface area contributed by atoms with Crippen LogP contribution in [0.1, 0.15) is 71.1 Å². The molecule has 0 aromatic heterocycles. The number of unbranched alkanes of at least 4 members (excludes halogenated alkanes) is 9. The highest BCUT2D eigenvalue weighted by molar-refractivity contribution is 7.79. The van der Waals surface area contributed by atoms with Crippen LogP contribution in [0.15, 0.2) is 0 Å². The van der Waals surface area contributed by atoms with Crippen LogP contribution in [0, 0.1) is 0 Å². The lowest BCUT2D eigenvalue weighted by molar-refractivity contribution is 0.200. The number of phosphoric acid groups is 1. The fourth-order valence-corrected chi connectivity index (χ4v) is 3.05. The summed E-state index contributed by atoms with van der Waals surface area (Å²) in [6.45, 7) is 2.26. The normalized spacial score (nSPS) is 15.9. The molecule has 2 atom stereocenters. The van der Waals surface area contributed by atoms with Crippen molar-refractivity contribution in [3.05, 3.63) is 0 Å². The first-order chi connectivity index (χ1) is 9.48. The van der Waals surface area contributed by atoms with Gasteiger partial charge in [0.2, 0.25) is 0 Å². The maximum Gasteiger partial charge on any atom is 0.487 e. The van der Waals surface area contributed by atoms with Gasteiger partial charge < -0.3 is 4.89 Å². The zero-order valence-corrected chi connectivity index (χ0v) is 13.9. The minimum absolute atomic E-state index is 0.0570. The van der Waals surface area contributed by atoms with Crippen molar-refractivity contribution in [1.82, 2.24) is 0 Å². The summed E-state index contributed by atoms with van der Waals surface area (Å²) in [4.78, 5) is 8.99. The predicted molar refractivity (Wildman–Crippen MR) is 79.5 cm³/mol. The lowest BCUT2D eigenvalue weighted by atomic mass is 10.1. The molecule has 0 saturated heterocycles. The van der Waals surface area contributed by atoms with Gasteiger partial charge in [-0.3, -0.25) is 9.08 Å². The second-order valence-corrected chi connectivity index (χ2v) is 7.00. The Kier molecular flexibility index (Phi) is 13.1. The first-order valence-electron chi connectivity index (χ1n) is 7.26. The second-order valence-electron chi connectivity index (χ2n) is 4.78. The molecular formula is C12H27O6PS. The van der Waals surface area contributed by atoms with Crippen LogP contribution in [0.25, 0.3) is 0 Å². The Morgan fingerprint density at radius 2 is 1.40 bits per heavy atom. The van der Waals surface area contributed by atoms with Gasteiger partial charge >= 0.3 is 19.2 Å². The average molecular weight is 330 g/mol. The minimum atomic E-state index is -4.38. The van der Waals surface area contributed by atoms with Gasteiger partial charge in [-0.1, -0.05) is 64.7 Å². The van der Waals surface area contributed by atoms with E-state index in [1.165, 1.54) is 44.9 Å². The van der Waals surface area contributed by atoms with Gasteiger partial charge in [0.05, 0.1) is 6.61 Å². The molecular weight excluding hydrogens is 303 g/mol. The molecule has 0 aliphatic rings. The largest absolute Gasteiger partial charge is 0.487 e. The Bertz CT molecular complexity index is 300. The van der Waals surface area contributed by atoms with Gasteiger partial charge in [0.25, 0.3) is 0 Å². The summed E-state index contributed by atoms with van der Waals surface area (Å²) in [7, 11) is -4.38. The third-order valence-electron chi connectivity index (χ3n) is 2.91. The molecule has 2 unspecified atom stereocenters. The van der Waals surface area contributed by atoms with Crippen molar-refractivity contribution in [2.24, 2.45) is 0 Å². The number of phosphoric ester groups is 1. The van der Waals surface area contributed by atoms with Crippen LogP contribution in [-0.2, 0) is 24.4 Å².